The molecule has 0 unspecified atom stereocenters. The lowest BCUT2D eigenvalue weighted by atomic mass is 9.80. The van der Waals surface area contributed by atoms with E-state index in [0.29, 0.717) is 0 Å². The van der Waals surface area contributed by atoms with Crippen LogP contribution in [0.4, 0.5) is 0 Å². The largest absolute Gasteiger partial charge is 0.412 e. The average Bonchev–Trinajstić information content (AvgIpc) is 2.21. The summed E-state index contributed by atoms with van der Waals surface area (Å²) in [6.45, 7) is 3.72. The van der Waals surface area contributed by atoms with Gasteiger partial charge in [0.05, 0.1) is 13.2 Å². The first-order valence-electron chi connectivity index (χ1n) is 4.67. The Morgan fingerprint density at radius 3 is 2.20 bits per heavy atom. The summed E-state index contributed by atoms with van der Waals surface area (Å²) in [6.07, 6.45) is 0. The summed E-state index contributed by atoms with van der Waals surface area (Å²) in [5.41, 5.74) is 1.27. The topological polar surface area (TPSA) is 75.5 Å². The van der Waals surface area contributed by atoms with E-state index < -0.39 is 0 Å². The van der Waals surface area contributed by atoms with Crippen LogP contribution in [0.25, 0.3) is 0 Å². The third-order valence-corrected chi connectivity index (χ3v) is 2.18. The Bertz CT molecular complexity index is 252. The van der Waals surface area contributed by atoms with Gasteiger partial charge in [-0.15, -0.1) is 0 Å². The number of hydrogen-bond donors (Lipinski definition) is 0. The first-order chi connectivity index (χ1) is 6.45. The van der Waals surface area contributed by atoms with Gasteiger partial charge >= 0.3 is 0 Å². The van der Waals surface area contributed by atoms with Gasteiger partial charge < -0.3 is 20.5 Å². The Kier molecular flexibility index (Phi) is 6.99. The predicted molar refractivity (Wildman–Crippen MR) is 61.4 cm³/mol. The zero-order chi connectivity index (χ0) is 8.93. The third kappa shape index (κ3) is 4.44. The van der Waals surface area contributed by atoms with Crippen molar-refractivity contribution in [3.63, 3.8) is 0 Å². The van der Waals surface area contributed by atoms with E-state index >= 15 is 0 Å². The summed E-state index contributed by atoms with van der Waals surface area (Å²) in [7, 11) is 2.20. The molecule has 1 saturated heterocycles. The van der Waals surface area contributed by atoms with Gasteiger partial charge in [0.15, 0.2) is 0 Å². The highest BCUT2D eigenvalue weighted by Crippen LogP contribution is 1.94. The molecule has 0 atom stereocenters. The Morgan fingerprint density at radius 1 is 1.00 bits per heavy atom. The van der Waals surface area contributed by atoms with Crippen LogP contribution in [0.2, 0.25) is 0 Å². The van der Waals surface area contributed by atoms with Gasteiger partial charge in [-0.05, 0) is 0 Å². The fourth-order valence-corrected chi connectivity index (χ4v) is 1.46. The number of ether oxygens (including phenoxy) is 1. The number of morpholine rings is 1. The second-order valence-corrected chi connectivity index (χ2v) is 3.19. The number of nitrogens with zero attached hydrogens (tertiary/aromatic N) is 1. The molecular weight excluding hydrogens is 193 g/mol. The van der Waals surface area contributed by atoms with Gasteiger partial charge in [-0.25, -0.2) is 0 Å². The van der Waals surface area contributed by atoms with Crippen molar-refractivity contribution in [2.24, 2.45) is 0 Å². The highest BCUT2D eigenvalue weighted by atomic mass is 16.5. The van der Waals surface area contributed by atoms with Gasteiger partial charge in [0.1, 0.15) is 0 Å². The maximum absolute atomic E-state index is 5.28. The second-order valence-electron chi connectivity index (χ2n) is 3.19. The summed E-state index contributed by atoms with van der Waals surface area (Å²) in [5.74, 6) is 0. The molecule has 1 aromatic rings. The monoisotopic (exact) mass is 210 g/mol. The zero-order valence-electron chi connectivity index (χ0n) is 8.65. The average molecular weight is 210 g/mol. The van der Waals surface area contributed by atoms with Crippen molar-refractivity contribution in [3.05, 3.63) is 30.3 Å². The van der Waals surface area contributed by atoms with Crippen molar-refractivity contribution < 1.29 is 15.7 Å². The van der Waals surface area contributed by atoms with Crippen LogP contribution in [0.15, 0.2) is 30.3 Å². The predicted octanol–water partition coefficient (Wildman–Crippen LogP) is -1.39. The van der Waals surface area contributed by atoms with Crippen molar-refractivity contribution in [1.82, 2.24) is 4.81 Å². The van der Waals surface area contributed by atoms with E-state index in [2.05, 4.69) is 36.5 Å². The normalized spacial score (nSPS) is 16.0. The van der Waals surface area contributed by atoms with Crippen LogP contribution in [0.1, 0.15) is 0 Å². The lowest BCUT2D eigenvalue weighted by Gasteiger charge is -2.25. The lowest BCUT2D eigenvalue weighted by molar-refractivity contribution is 0.0730. The number of benzene rings is 1. The Balaban J connectivity index is 0.000000980. The van der Waals surface area contributed by atoms with Crippen LogP contribution in [0.5, 0.6) is 0 Å². The minimum absolute atomic E-state index is 0. The van der Waals surface area contributed by atoms with Crippen LogP contribution in [-0.4, -0.2) is 49.5 Å². The van der Waals surface area contributed by atoms with Crippen LogP contribution >= 0.6 is 0 Å². The Hall–Kier alpha value is -0.875. The molecule has 1 aliphatic rings. The van der Waals surface area contributed by atoms with Crippen molar-refractivity contribution in [3.8, 4) is 0 Å². The maximum Gasteiger partial charge on any atom is 0.247 e. The molecule has 4 nitrogen and oxygen atoms in total. The molecule has 5 heteroatoms. The number of rotatable bonds is 2. The van der Waals surface area contributed by atoms with E-state index in [1.807, 2.05) is 6.07 Å². The molecule has 4 N–H and O–H groups in total. The molecule has 0 bridgehead atoms. The molecule has 83 valence electrons. The minimum atomic E-state index is 0. The highest BCUT2D eigenvalue weighted by molar-refractivity contribution is 6.50. The van der Waals surface area contributed by atoms with E-state index in [1.54, 1.807) is 0 Å². The maximum atomic E-state index is 5.28. The van der Waals surface area contributed by atoms with Crippen molar-refractivity contribution in [2.75, 3.05) is 26.3 Å². The molecule has 0 aromatic heterocycles. The van der Waals surface area contributed by atoms with Crippen LogP contribution in [-0.2, 0) is 4.74 Å². The Morgan fingerprint density at radius 2 is 1.60 bits per heavy atom. The first-order valence-corrected chi connectivity index (χ1v) is 4.67. The molecule has 1 radical (unpaired) electrons. The number of hydrogen-bond acceptors (Lipinski definition) is 2. The molecule has 2 rings (SSSR count). The quantitative estimate of drug-likeness (QED) is 0.563. The van der Waals surface area contributed by atoms with Gasteiger partial charge in [-0.2, -0.15) is 0 Å². The van der Waals surface area contributed by atoms with Gasteiger partial charge in [-0.1, -0.05) is 35.8 Å². The standard InChI is InChI=1S/C10H13BNO.2H2O/c1-2-4-10(5-3-1)11-12-6-8-13-9-7-12;;/h1-5H,6-9H2;2*1H2. The van der Waals surface area contributed by atoms with E-state index in [9.17, 15) is 0 Å². The van der Waals surface area contributed by atoms with Gasteiger partial charge in [0, 0.05) is 13.1 Å². The smallest absolute Gasteiger partial charge is 0.247 e. The van der Waals surface area contributed by atoms with Crippen molar-refractivity contribution in [2.45, 2.75) is 0 Å². The van der Waals surface area contributed by atoms with Crippen LogP contribution < -0.4 is 5.46 Å². The van der Waals surface area contributed by atoms with Gasteiger partial charge in [0.25, 0.3) is 0 Å². The summed E-state index contributed by atoms with van der Waals surface area (Å²) in [6, 6.07) is 10.4. The van der Waals surface area contributed by atoms with E-state index in [-0.39, 0.29) is 11.0 Å². The highest BCUT2D eigenvalue weighted by Gasteiger charge is 2.11. The zero-order valence-corrected chi connectivity index (χ0v) is 8.65. The SMILES string of the molecule is O.O.[B](c1ccccc1)N1CCOCC1. The molecule has 0 aliphatic carbocycles. The summed E-state index contributed by atoms with van der Waals surface area (Å²) in [4.78, 5) is 2.30. The van der Waals surface area contributed by atoms with Crippen molar-refractivity contribution >= 4 is 12.9 Å². The first kappa shape index (κ1) is 14.1. The lowest BCUT2D eigenvalue weighted by Crippen LogP contribution is -2.43. The van der Waals surface area contributed by atoms with Gasteiger partial charge in [-0.3, -0.25) is 0 Å². The third-order valence-electron chi connectivity index (χ3n) is 2.18. The minimum Gasteiger partial charge on any atom is -0.412 e. The molecule has 0 amide bonds. The van der Waals surface area contributed by atoms with Gasteiger partial charge in [0.2, 0.25) is 7.41 Å². The molecule has 0 saturated carbocycles. The van der Waals surface area contributed by atoms with E-state index in [1.165, 1.54) is 5.46 Å². The van der Waals surface area contributed by atoms with E-state index in [0.717, 1.165) is 26.3 Å². The van der Waals surface area contributed by atoms with E-state index in [4.69, 9.17) is 4.74 Å². The fourth-order valence-electron chi connectivity index (χ4n) is 1.46. The molecule has 1 aromatic carbocycles. The molecular formula is C10H17BNO3. The summed E-state index contributed by atoms with van der Waals surface area (Å²) >= 11 is 0. The molecule has 1 aliphatic heterocycles. The molecule has 1 heterocycles. The van der Waals surface area contributed by atoms with Crippen LogP contribution in [0, 0.1) is 0 Å². The Labute approximate surface area is 90.7 Å². The molecule has 1 fully saturated rings. The molecule has 0 spiro atoms. The summed E-state index contributed by atoms with van der Waals surface area (Å²) < 4.78 is 5.28. The van der Waals surface area contributed by atoms with Crippen LogP contribution in [0.3, 0.4) is 0 Å². The molecule has 15 heavy (non-hydrogen) atoms. The second kappa shape index (κ2) is 7.42. The fraction of sp³-hybridized carbons (Fsp3) is 0.400. The van der Waals surface area contributed by atoms with Crippen molar-refractivity contribution in [1.29, 1.82) is 0 Å². The summed E-state index contributed by atoms with van der Waals surface area (Å²) in [5, 5.41) is 0.